The minimum Gasteiger partial charge on any atom is -0.497 e. The Balaban J connectivity index is 1.45. The van der Waals surface area contributed by atoms with Gasteiger partial charge in [-0.25, -0.2) is 9.48 Å². The summed E-state index contributed by atoms with van der Waals surface area (Å²) < 4.78 is 54.5. The van der Waals surface area contributed by atoms with E-state index in [0.29, 0.717) is 42.0 Å². The third kappa shape index (κ3) is 6.20. The molecule has 0 amide bonds. The van der Waals surface area contributed by atoms with E-state index in [9.17, 15) is 23.1 Å². The monoisotopic (exact) mass is 525 g/mol. The first-order chi connectivity index (χ1) is 17.1. The van der Waals surface area contributed by atoms with Crippen LogP contribution in [0.5, 0.6) is 17.4 Å². The van der Waals surface area contributed by atoms with Gasteiger partial charge in [-0.05, 0) is 73.1 Å². The van der Waals surface area contributed by atoms with E-state index in [2.05, 4.69) is 15.0 Å². The van der Waals surface area contributed by atoms with Crippen molar-refractivity contribution in [3.05, 3.63) is 64.3 Å². The molecule has 1 aromatic heterocycles. The molecular weight excluding hydrogens is 503 g/mol. The van der Waals surface area contributed by atoms with E-state index < -0.39 is 12.3 Å². The lowest BCUT2D eigenvalue weighted by molar-refractivity contribution is -0.274. The summed E-state index contributed by atoms with van der Waals surface area (Å²) in [6.45, 7) is 0.247. The van der Waals surface area contributed by atoms with E-state index in [1.54, 1.807) is 19.2 Å². The lowest BCUT2D eigenvalue weighted by Gasteiger charge is -2.30. The number of carboxylic acids is 1. The number of methoxy groups -OCH3 is 1. The standard InChI is InChI=1S/C24H23ClF3N3O5/c1-34-16-6-2-14(3-7-16)13-31-22(21(23(32)33)29-30-31)35-17-8-4-15(5-9-17)19-12-18(10-11-20(19)25)36-24(26,27)28/h2-3,6-7,10-12,15,17H,4-5,8-9,13H2,1H3,(H,32,33)/t15-,17+. The van der Waals surface area contributed by atoms with Crippen molar-refractivity contribution < 1.29 is 37.3 Å². The number of rotatable bonds is 8. The second kappa shape index (κ2) is 10.7. The first kappa shape index (κ1) is 25.6. The molecule has 4 rings (SSSR count). The number of halogens is 4. The van der Waals surface area contributed by atoms with Gasteiger partial charge in [0.05, 0.1) is 13.7 Å². The lowest BCUT2D eigenvalue weighted by atomic mass is 9.82. The number of aromatic nitrogens is 3. The van der Waals surface area contributed by atoms with Crippen molar-refractivity contribution in [1.82, 2.24) is 15.0 Å². The van der Waals surface area contributed by atoms with Crippen LogP contribution < -0.4 is 14.2 Å². The molecule has 1 saturated carbocycles. The zero-order valence-corrected chi connectivity index (χ0v) is 19.9. The van der Waals surface area contributed by atoms with Gasteiger partial charge in [-0.3, -0.25) is 0 Å². The topological polar surface area (TPSA) is 95.7 Å². The third-order valence-electron chi connectivity index (χ3n) is 5.98. The molecule has 1 aliphatic carbocycles. The number of ether oxygens (including phenoxy) is 3. The molecule has 0 radical (unpaired) electrons. The summed E-state index contributed by atoms with van der Waals surface area (Å²) in [6, 6.07) is 11.1. The molecule has 1 heterocycles. The quantitative estimate of drug-likeness (QED) is 0.403. The minimum absolute atomic E-state index is 0.0559. The molecule has 3 aromatic rings. The SMILES string of the molecule is COc1ccc(Cn2nnc(C(=O)O)c2O[C@H]2CC[C@@H](c3cc(OC(F)(F)F)ccc3Cl)CC2)cc1. The van der Waals surface area contributed by atoms with E-state index >= 15 is 0 Å². The number of carboxylic acid groups (broad SMARTS) is 1. The van der Waals surface area contributed by atoms with Crippen LogP contribution in [0, 0.1) is 0 Å². The number of hydrogen-bond donors (Lipinski definition) is 1. The molecule has 1 N–H and O–H groups in total. The molecule has 36 heavy (non-hydrogen) atoms. The molecule has 0 saturated heterocycles. The van der Waals surface area contributed by atoms with Crippen molar-refractivity contribution in [3.63, 3.8) is 0 Å². The summed E-state index contributed by atoms with van der Waals surface area (Å²) in [7, 11) is 1.56. The van der Waals surface area contributed by atoms with Gasteiger partial charge in [-0.2, -0.15) is 0 Å². The van der Waals surface area contributed by atoms with Crippen LogP contribution in [0.15, 0.2) is 42.5 Å². The highest BCUT2D eigenvalue weighted by Crippen LogP contribution is 2.40. The van der Waals surface area contributed by atoms with Crippen molar-refractivity contribution in [1.29, 1.82) is 0 Å². The van der Waals surface area contributed by atoms with Crippen LogP contribution in [-0.4, -0.2) is 45.6 Å². The van der Waals surface area contributed by atoms with Gasteiger partial charge in [-0.1, -0.05) is 28.9 Å². The highest BCUT2D eigenvalue weighted by Gasteiger charge is 2.33. The van der Waals surface area contributed by atoms with Crippen molar-refractivity contribution in [2.45, 2.75) is 50.6 Å². The maximum Gasteiger partial charge on any atom is 0.573 e. The van der Waals surface area contributed by atoms with Crippen LogP contribution >= 0.6 is 11.6 Å². The molecule has 12 heteroatoms. The maximum absolute atomic E-state index is 12.6. The molecule has 192 valence electrons. The minimum atomic E-state index is -4.79. The van der Waals surface area contributed by atoms with E-state index in [1.165, 1.54) is 22.9 Å². The van der Waals surface area contributed by atoms with Crippen LogP contribution in [0.1, 0.15) is 53.2 Å². The first-order valence-electron chi connectivity index (χ1n) is 11.1. The lowest BCUT2D eigenvalue weighted by Crippen LogP contribution is -2.25. The predicted molar refractivity (Wildman–Crippen MR) is 123 cm³/mol. The smallest absolute Gasteiger partial charge is 0.497 e. The largest absolute Gasteiger partial charge is 0.573 e. The number of aromatic carboxylic acids is 1. The van der Waals surface area contributed by atoms with E-state index in [1.807, 2.05) is 12.1 Å². The number of alkyl halides is 3. The molecule has 0 unspecified atom stereocenters. The van der Waals surface area contributed by atoms with Crippen LogP contribution in [0.3, 0.4) is 0 Å². The molecule has 1 fully saturated rings. The Labute approximate surface area is 209 Å². The fraction of sp³-hybridized carbons (Fsp3) is 0.375. The van der Waals surface area contributed by atoms with Crippen molar-refractivity contribution >= 4 is 17.6 Å². The highest BCUT2D eigenvalue weighted by molar-refractivity contribution is 6.31. The second-order valence-electron chi connectivity index (χ2n) is 8.38. The summed E-state index contributed by atoms with van der Waals surface area (Å²) in [6.07, 6.45) is -2.86. The average Bonchev–Trinajstić information content (AvgIpc) is 3.22. The van der Waals surface area contributed by atoms with E-state index in [0.717, 1.165) is 5.56 Å². The number of nitrogens with zero attached hydrogens (tertiary/aromatic N) is 3. The Kier molecular flexibility index (Phi) is 7.58. The summed E-state index contributed by atoms with van der Waals surface area (Å²) >= 11 is 6.26. The van der Waals surface area contributed by atoms with Crippen molar-refractivity contribution in [2.75, 3.05) is 7.11 Å². The summed E-state index contributed by atoms with van der Waals surface area (Å²) in [4.78, 5) is 11.7. The summed E-state index contributed by atoms with van der Waals surface area (Å²) in [5.41, 5.74) is 1.14. The fourth-order valence-corrected chi connectivity index (χ4v) is 4.52. The average molecular weight is 526 g/mol. The van der Waals surface area contributed by atoms with E-state index in [-0.39, 0.29) is 35.9 Å². The zero-order valence-electron chi connectivity index (χ0n) is 19.2. The van der Waals surface area contributed by atoms with Crippen LogP contribution in [0.4, 0.5) is 13.2 Å². The highest BCUT2D eigenvalue weighted by atomic mass is 35.5. The second-order valence-corrected chi connectivity index (χ2v) is 8.78. The third-order valence-corrected chi connectivity index (χ3v) is 6.32. The first-order valence-corrected chi connectivity index (χ1v) is 11.5. The normalized spacial score (nSPS) is 18.0. The van der Waals surface area contributed by atoms with Gasteiger partial charge in [0.15, 0.2) is 0 Å². The molecular formula is C24H23ClF3N3O5. The van der Waals surface area contributed by atoms with Gasteiger partial charge >= 0.3 is 12.3 Å². The summed E-state index contributed by atoms with van der Waals surface area (Å²) in [5, 5.41) is 17.6. The molecule has 8 nitrogen and oxygen atoms in total. The van der Waals surface area contributed by atoms with Gasteiger partial charge < -0.3 is 19.3 Å². The Morgan fingerprint density at radius 3 is 2.39 bits per heavy atom. The Morgan fingerprint density at radius 2 is 1.78 bits per heavy atom. The van der Waals surface area contributed by atoms with Crippen LogP contribution in [0.25, 0.3) is 0 Å². The molecule has 0 aliphatic heterocycles. The molecule has 2 aromatic carbocycles. The Morgan fingerprint density at radius 1 is 1.11 bits per heavy atom. The molecule has 0 spiro atoms. The molecule has 0 bridgehead atoms. The zero-order chi connectivity index (χ0) is 25.9. The van der Waals surface area contributed by atoms with E-state index in [4.69, 9.17) is 21.1 Å². The van der Waals surface area contributed by atoms with Crippen molar-refractivity contribution in [2.24, 2.45) is 0 Å². The van der Waals surface area contributed by atoms with Gasteiger partial charge in [0, 0.05) is 5.02 Å². The summed E-state index contributed by atoms with van der Waals surface area (Å²) in [5.74, 6) is -0.920. The number of benzene rings is 2. The van der Waals surface area contributed by atoms with Crippen molar-refractivity contribution in [3.8, 4) is 17.4 Å². The van der Waals surface area contributed by atoms with Crippen LogP contribution in [0.2, 0.25) is 5.02 Å². The number of carbonyl (C=O) groups is 1. The van der Waals surface area contributed by atoms with Crippen LogP contribution in [-0.2, 0) is 6.54 Å². The van der Waals surface area contributed by atoms with Gasteiger partial charge in [0.1, 0.15) is 17.6 Å². The molecule has 1 aliphatic rings. The molecule has 0 atom stereocenters. The number of hydrogen-bond acceptors (Lipinski definition) is 6. The van der Waals surface area contributed by atoms with Gasteiger partial charge in [-0.15, -0.1) is 18.3 Å². The van der Waals surface area contributed by atoms with Gasteiger partial charge in [0.25, 0.3) is 0 Å². The Hall–Kier alpha value is -3.47. The Bertz CT molecular complexity index is 1210. The fourth-order valence-electron chi connectivity index (χ4n) is 4.24. The maximum atomic E-state index is 12.6. The van der Waals surface area contributed by atoms with Gasteiger partial charge in [0.2, 0.25) is 11.6 Å². The predicted octanol–water partition coefficient (Wildman–Crippen LogP) is 5.69.